The van der Waals surface area contributed by atoms with Gasteiger partial charge in [-0.05, 0) is 13.3 Å². The van der Waals surface area contributed by atoms with Gasteiger partial charge < -0.3 is 5.43 Å². The van der Waals surface area contributed by atoms with E-state index in [1.807, 2.05) is 26.2 Å². The number of hydrazine groups is 1. The Hall–Kier alpha value is -0.500. The Morgan fingerprint density at radius 2 is 2.22 bits per heavy atom. The summed E-state index contributed by atoms with van der Waals surface area (Å²) in [5.74, 6) is 0. The fourth-order valence-electron chi connectivity index (χ4n) is 0.602. The molecule has 0 heterocycles. The number of allylic oxidation sites excluding steroid dienone is 1. The van der Waals surface area contributed by atoms with Crippen molar-refractivity contribution in [3.8, 4) is 0 Å². The van der Waals surface area contributed by atoms with E-state index in [4.69, 9.17) is 0 Å². The first kappa shape index (κ1) is 8.50. The summed E-state index contributed by atoms with van der Waals surface area (Å²) in [5, 5.41) is 2.06. The molecule has 1 N–H and O–H groups in total. The van der Waals surface area contributed by atoms with Crippen LogP contribution in [-0.2, 0) is 0 Å². The molecule has 0 saturated heterocycles. The average Bonchev–Trinajstić information content (AvgIpc) is 1.85. The van der Waals surface area contributed by atoms with E-state index in [1.54, 1.807) is 0 Å². The normalized spacial score (nSPS) is 11.1. The summed E-state index contributed by atoms with van der Waals surface area (Å²) in [5.41, 5.74) is 3.09. The topological polar surface area (TPSA) is 15.3 Å². The standard InChI is InChI=1S/C7H16N2/c1-4-6-8-9(3)7-5-2/h4,6,8H,5,7H2,1-3H3/b6-4-. The summed E-state index contributed by atoms with van der Waals surface area (Å²) in [6.07, 6.45) is 5.09. The van der Waals surface area contributed by atoms with E-state index >= 15 is 0 Å². The fourth-order valence-corrected chi connectivity index (χ4v) is 0.602. The van der Waals surface area contributed by atoms with E-state index in [0.29, 0.717) is 0 Å². The molecule has 0 aromatic rings. The molecule has 0 spiro atoms. The highest BCUT2D eigenvalue weighted by atomic mass is 15.5. The first-order chi connectivity index (χ1) is 4.31. The van der Waals surface area contributed by atoms with Gasteiger partial charge >= 0.3 is 0 Å². The van der Waals surface area contributed by atoms with E-state index in [2.05, 4.69) is 17.4 Å². The zero-order valence-corrected chi connectivity index (χ0v) is 6.52. The molecule has 0 unspecified atom stereocenters. The molecule has 9 heavy (non-hydrogen) atoms. The molecule has 0 amide bonds. The van der Waals surface area contributed by atoms with Crippen molar-refractivity contribution < 1.29 is 0 Å². The fraction of sp³-hybridized carbons (Fsp3) is 0.714. The Labute approximate surface area is 57.5 Å². The van der Waals surface area contributed by atoms with Crippen LogP contribution in [0.1, 0.15) is 20.3 Å². The Morgan fingerprint density at radius 1 is 1.56 bits per heavy atom. The van der Waals surface area contributed by atoms with Crippen molar-refractivity contribution in [2.75, 3.05) is 13.6 Å². The molecule has 0 aromatic carbocycles. The van der Waals surface area contributed by atoms with E-state index in [9.17, 15) is 0 Å². The number of rotatable bonds is 4. The molecule has 0 aliphatic carbocycles. The smallest absolute Gasteiger partial charge is 0.0172 e. The van der Waals surface area contributed by atoms with Gasteiger partial charge in [0.1, 0.15) is 0 Å². The summed E-state index contributed by atoms with van der Waals surface area (Å²) in [7, 11) is 2.03. The highest BCUT2D eigenvalue weighted by Crippen LogP contribution is 1.79. The third-order valence-corrected chi connectivity index (χ3v) is 1.02. The lowest BCUT2D eigenvalue weighted by molar-refractivity contribution is 0.277. The summed E-state index contributed by atoms with van der Waals surface area (Å²) in [4.78, 5) is 0. The van der Waals surface area contributed by atoms with Crippen LogP contribution in [0.4, 0.5) is 0 Å². The summed E-state index contributed by atoms with van der Waals surface area (Å²) < 4.78 is 0. The zero-order valence-electron chi connectivity index (χ0n) is 6.52. The zero-order chi connectivity index (χ0) is 7.11. The van der Waals surface area contributed by atoms with Gasteiger partial charge in [-0.25, -0.2) is 5.01 Å². The average molecular weight is 128 g/mol. The van der Waals surface area contributed by atoms with Gasteiger partial charge in [0.15, 0.2) is 0 Å². The monoisotopic (exact) mass is 128 g/mol. The van der Waals surface area contributed by atoms with E-state index in [0.717, 1.165) is 6.54 Å². The molecular weight excluding hydrogens is 112 g/mol. The third-order valence-electron chi connectivity index (χ3n) is 1.02. The Kier molecular flexibility index (Phi) is 5.32. The van der Waals surface area contributed by atoms with Crippen LogP contribution >= 0.6 is 0 Å². The van der Waals surface area contributed by atoms with Crippen LogP contribution in [0.25, 0.3) is 0 Å². The molecule has 0 bridgehead atoms. The number of nitrogens with zero attached hydrogens (tertiary/aromatic N) is 1. The van der Waals surface area contributed by atoms with E-state index in [1.165, 1.54) is 6.42 Å². The highest BCUT2D eigenvalue weighted by Gasteiger charge is 1.87. The maximum atomic E-state index is 3.09. The van der Waals surface area contributed by atoms with Crippen molar-refractivity contribution in [3.05, 3.63) is 12.3 Å². The van der Waals surface area contributed by atoms with E-state index < -0.39 is 0 Å². The molecule has 0 rings (SSSR count). The maximum absolute atomic E-state index is 3.09. The van der Waals surface area contributed by atoms with Crippen LogP contribution in [0.15, 0.2) is 12.3 Å². The van der Waals surface area contributed by atoms with Crippen LogP contribution < -0.4 is 5.43 Å². The highest BCUT2D eigenvalue weighted by molar-refractivity contribution is 4.71. The van der Waals surface area contributed by atoms with Gasteiger partial charge in [0.2, 0.25) is 0 Å². The van der Waals surface area contributed by atoms with Gasteiger partial charge in [-0.3, -0.25) is 0 Å². The number of hydrogen-bond donors (Lipinski definition) is 1. The predicted octanol–water partition coefficient (Wildman–Crippen LogP) is 1.37. The molecule has 0 fully saturated rings. The Balaban J connectivity index is 3.15. The molecule has 0 atom stereocenters. The predicted molar refractivity (Wildman–Crippen MR) is 40.9 cm³/mol. The molecule has 0 aromatic heterocycles. The minimum absolute atomic E-state index is 1.09. The van der Waals surface area contributed by atoms with Gasteiger partial charge in [0, 0.05) is 19.8 Å². The first-order valence-corrected chi connectivity index (χ1v) is 3.39. The largest absolute Gasteiger partial charge is 0.327 e. The van der Waals surface area contributed by atoms with Crippen molar-refractivity contribution in [2.24, 2.45) is 0 Å². The van der Waals surface area contributed by atoms with Crippen molar-refractivity contribution in [2.45, 2.75) is 20.3 Å². The summed E-state index contributed by atoms with van der Waals surface area (Å²) >= 11 is 0. The second kappa shape index (κ2) is 5.63. The number of nitrogens with one attached hydrogen (secondary N) is 1. The minimum Gasteiger partial charge on any atom is -0.327 e. The van der Waals surface area contributed by atoms with Gasteiger partial charge in [-0.1, -0.05) is 13.0 Å². The molecule has 0 aliphatic rings. The first-order valence-electron chi connectivity index (χ1n) is 3.39. The van der Waals surface area contributed by atoms with Crippen LogP contribution in [0.2, 0.25) is 0 Å². The molecule has 2 nitrogen and oxygen atoms in total. The summed E-state index contributed by atoms with van der Waals surface area (Å²) in [6, 6.07) is 0. The molecule has 0 radical (unpaired) electrons. The Morgan fingerprint density at radius 3 is 2.67 bits per heavy atom. The van der Waals surface area contributed by atoms with Gasteiger partial charge in [-0.15, -0.1) is 0 Å². The number of hydrogen-bond acceptors (Lipinski definition) is 2. The van der Waals surface area contributed by atoms with Crippen LogP contribution in [-0.4, -0.2) is 18.6 Å². The SMILES string of the molecule is C/C=C\NN(C)CCC. The Bertz CT molecular complexity index is 79.0. The van der Waals surface area contributed by atoms with Gasteiger partial charge in [0.25, 0.3) is 0 Å². The van der Waals surface area contributed by atoms with Crippen LogP contribution in [0, 0.1) is 0 Å². The molecule has 2 heteroatoms. The van der Waals surface area contributed by atoms with Crippen molar-refractivity contribution in [1.82, 2.24) is 10.4 Å². The molecular formula is C7H16N2. The van der Waals surface area contributed by atoms with E-state index in [-0.39, 0.29) is 0 Å². The maximum Gasteiger partial charge on any atom is 0.0172 e. The van der Waals surface area contributed by atoms with Crippen molar-refractivity contribution >= 4 is 0 Å². The van der Waals surface area contributed by atoms with Gasteiger partial charge in [-0.2, -0.15) is 0 Å². The second-order valence-corrected chi connectivity index (χ2v) is 2.05. The summed E-state index contributed by atoms with van der Waals surface area (Å²) in [6.45, 7) is 5.24. The van der Waals surface area contributed by atoms with Gasteiger partial charge in [0.05, 0.1) is 0 Å². The lowest BCUT2D eigenvalue weighted by Gasteiger charge is -2.14. The third kappa shape index (κ3) is 5.37. The lowest BCUT2D eigenvalue weighted by atomic mass is 10.5. The minimum atomic E-state index is 1.09. The van der Waals surface area contributed by atoms with Crippen LogP contribution in [0.3, 0.4) is 0 Å². The molecule has 0 saturated carbocycles. The van der Waals surface area contributed by atoms with Crippen molar-refractivity contribution in [1.29, 1.82) is 0 Å². The quantitative estimate of drug-likeness (QED) is 0.575. The molecule has 0 aliphatic heterocycles. The second-order valence-electron chi connectivity index (χ2n) is 2.05. The molecule has 54 valence electrons. The van der Waals surface area contributed by atoms with Crippen molar-refractivity contribution in [3.63, 3.8) is 0 Å². The lowest BCUT2D eigenvalue weighted by Crippen LogP contribution is -2.30. The van der Waals surface area contributed by atoms with Crippen LogP contribution in [0.5, 0.6) is 0 Å².